The summed E-state index contributed by atoms with van der Waals surface area (Å²) in [6.45, 7) is 1.67. The Morgan fingerprint density at radius 3 is 2.42 bits per heavy atom. The van der Waals surface area contributed by atoms with E-state index in [0.29, 0.717) is 42.7 Å². The summed E-state index contributed by atoms with van der Waals surface area (Å²) in [4.78, 5) is 18.0. The number of para-hydroxylation sites is 2. The highest BCUT2D eigenvalue weighted by molar-refractivity contribution is 5.92. The van der Waals surface area contributed by atoms with Crippen molar-refractivity contribution in [2.75, 3.05) is 25.0 Å². The second kappa shape index (κ2) is 8.66. The van der Waals surface area contributed by atoms with Gasteiger partial charge in [-0.05, 0) is 68.2 Å². The van der Waals surface area contributed by atoms with E-state index in [1.165, 1.54) is 28.8 Å². The number of fused-ring (bicyclic) bond motifs is 1. The molecule has 0 atom stereocenters. The van der Waals surface area contributed by atoms with Gasteiger partial charge in [0, 0.05) is 12.2 Å². The van der Waals surface area contributed by atoms with E-state index in [4.69, 9.17) is 0 Å². The molecule has 0 aliphatic carbocycles. The van der Waals surface area contributed by atoms with Gasteiger partial charge in [-0.15, -0.1) is 0 Å². The third kappa shape index (κ3) is 5.04. The highest BCUT2D eigenvalue weighted by atomic mass is 19.4. The van der Waals surface area contributed by atoms with Crippen molar-refractivity contribution in [1.29, 1.82) is 0 Å². The van der Waals surface area contributed by atoms with Crippen molar-refractivity contribution >= 4 is 22.6 Å². The van der Waals surface area contributed by atoms with Crippen LogP contribution in [-0.2, 0) is 17.5 Å². The van der Waals surface area contributed by atoms with Crippen LogP contribution < -0.4 is 5.32 Å². The van der Waals surface area contributed by atoms with E-state index in [-0.39, 0.29) is 30.7 Å². The minimum atomic E-state index is -4.52. The van der Waals surface area contributed by atoms with Crippen LogP contribution in [0, 0.1) is 11.7 Å². The number of aromatic nitrogens is 2. The number of nitrogens with one attached hydrogen (secondary N) is 1. The number of carbonyl (C=O) groups excluding carboxylic acids is 1. The van der Waals surface area contributed by atoms with Crippen molar-refractivity contribution in [2.45, 2.75) is 25.6 Å². The van der Waals surface area contributed by atoms with Crippen molar-refractivity contribution in [3.05, 3.63) is 60.2 Å². The molecule has 5 nitrogen and oxygen atoms in total. The van der Waals surface area contributed by atoms with E-state index in [2.05, 4.69) is 10.3 Å². The van der Waals surface area contributed by atoms with E-state index in [9.17, 15) is 22.4 Å². The lowest BCUT2D eigenvalue weighted by Crippen LogP contribution is -2.40. The maximum atomic E-state index is 13.5. The molecule has 1 aromatic heterocycles. The molecule has 1 aliphatic heterocycles. The summed E-state index contributed by atoms with van der Waals surface area (Å²) in [7, 11) is 0. The van der Waals surface area contributed by atoms with Crippen LogP contribution in [0.15, 0.2) is 48.5 Å². The molecule has 164 valence electrons. The predicted molar refractivity (Wildman–Crippen MR) is 109 cm³/mol. The Morgan fingerprint density at radius 2 is 1.74 bits per heavy atom. The van der Waals surface area contributed by atoms with Crippen molar-refractivity contribution in [3.63, 3.8) is 0 Å². The van der Waals surface area contributed by atoms with Crippen LogP contribution in [0.1, 0.15) is 18.7 Å². The Bertz CT molecular complexity index is 1050. The number of carbonyl (C=O) groups is 1. The predicted octanol–water partition coefficient (Wildman–Crippen LogP) is 4.54. The summed E-state index contributed by atoms with van der Waals surface area (Å²) in [5, 5.41) is 2.72. The lowest BCUT2D eigenvalue weighted by molar-refractivity contribution is -0.147. The fourth-order valence-corrected chi connectivity index (χ4v) is 4.00. The van der Waals surface area contributed by atoms with Crippen LogP contribution in [0.25, 0.3) is 11.0 Å². The fraction of sp³-hybridized carbons (Fsp3) is 0.364. The topological polar surface area (TPSA) is 50.2 Å². The zero-order valence-corrected chi connectivity index (χ0v) is 16.7. The number of nitrogens with zero attached hydrogens (tertiary/aromatic N) is 3. The Labute approximate surface area is 176 Å². The number of halogens is 4. The summed E-state index contributed by atoms with van der Waals surface area (Å²) in [6.07, 6.45) is -3.14. The van der Waals surface area contributed by atoms with Crippen LogP contribution >= 0.6 is 0 Å². The molecular weight excluding hydrogens is 412 g/mol. The molecule has 0 radical (unpaired) electrons. The maximum Gasteiger partial charge on any atom is 0.449 e. The van der Waals surface area contributed by atoms with Crippen molar-refractivity contribution < 1.29 is 22.4 Å². The lowest BCUT2D eigenvalue weighted by Gasteiger charge is -2.32. The van der Waals surface area contributed by atoms with Crippen molar-refractivity contribution in [2.24, 2.45) is 5.92 Å². The summed E-state index contributed by atoms with van der Waals surface area (Å²) < 4.78 is 54.7. The molecule has 3 aromatic rings. The largest absolute Gasteiger partial charge is 0.449 e. The number of imidazole rings is 1. The number of hydrogen-bond acceptors (Lipinski definition) is 3. The zero-order valence-electron chi connectivity index (χ0n) is 16.7. The summed E-state index contributed by atoms with van der Waals surface area (Å²) >= 11 is 0. The van der Waals surface area contributed by atoms with Gasteiger partial charge in [0.2, 0.25) is 11.7 Å². The number of hydrogen-bond donors (Lipinski definition) is 1. The Kier molecular flexibility index (Phi) is 5.95. The Hall–Kier alpha value is -2.94. The smallest absolute Gasteiger partial charge is 0.325 e. The van der Waals surface area contributed by atoms with Crippen LogP contribution in [0.3, 0.4) is 0 Å². The van der Waals surface area contributed by atoms with Gasteiger partial charge in [0.1, 0.15) is 5.82 Å². The number of piperidine rings is 1. The third-order valence-electron chi connectivity index (χ3n) is 5.55. The van der Waals surface area contributed by atoms with Crippen LogP contribution in [-0.4, -0.2) is 40.0 Å². The van der Waals surface area contributed by atoms with Gasteiger partial charge >= 0.3 is 6.18 Å². The highest BCUT2D eigenvalue weighted by Crippen LogP contribution is 2.33. The molecule has 1 amide bonds. The summed E-state index contributed by atoms with van der Waals surface area (Å²) in [5.74, 6) is -1.38. The van der Waals surface area contributed by atoms with Gasteiger partial charge in [-0.3, -0.25) is 9.69 Å². The normalized spacial score (nSPS) is 16.0. The summed E-state index contributed by atoms with van der Waals surface area (Å²) in [6, 6.07) is 12.2. The fourth-order valence-electron chi connectivity index (χ4n) is 4.00. The quantitative estimate of drug-likeness (QED) is 0.600. The minimum Gasteiger partial charge on any atom is -0.325 e. The van der Waals surface area contributed by atoms with E-state index in [0.717, 1.165) is 0 Å². The van der Waals surface area contributed by atoms with Gasteiger partial charge in [0.05, 0.1) is 17.6 Å². The van der Waals surface area contributed by atoms with Gasteiger partial charge in [0.25, 0.3) is 0 Å². The highest BCUT2D eigenvalue weighted by Gasteiger charge is 2.38. The number of rotatable bonds is 5. The van der Waals surface area contributed by atoms with Crippen molar-refractivity contribution in [1.82, 2.24) is 14.5 Å². The molecule has 1 N–H and O–H groups in total. The number of amides is 1. The molecule has 1 aliphatic rings. The first-order valence-corrected chi connectivity index (χ1v) is 10.1. The van der Waals surface area contributed by atoms with Crippen molar-refractivity contribution in [3.8, 4) is 0 Å². The van der Waals surface area contributed by atoms with E-state index in [1.807, 2.05) is 4.90 Å². The number of anilines is 1. The molecule has 1 saturated heterocycles. The van der Waals surface area contributed by atoms with E-state index in [1.54, 1.807) is 24.3 Å². The van der Waals surface area contributed by atoms with Crippen LogP contribution in [0.4, 0.5) is 23.2 Å². The standard InChI is InChI=1S/C22H22F4N4O/c23-16-5-7-17(8-6-16)27-20(31)14-29-11-9-15(10-12-29)13-30-19-4-2-1-3-18(19)28-21(30)22(24,25)26/h1-8,15H,9-14H2,(H,27,31). The van der Waals surface area contributed by atoms with Gasteiger partial charge in [0.15, 0.2) is 0 Å². The molecule has 2 heterocycles. The molecule has 0 spiro atoms. The van der Waals surface area contributed by atoms with Crippen LogP contribution in [0.2, 0.25) is 0 Å². The van der Waals surface area contributed by atoms with Gasteiger partial charge < -0.3 is 9.88 Å². The SMILES string of the molecule is O=C(CN1CCC(Cn2c(C(F)(F)F)nc3ccccc32)CC1)Nc1ccc(F)cc1. The average Bonchev–Trinajstić information content (AvgIpc) is 3.10. The second-order valence-electron chi connectivity index (χ2n) is 7.81. The monoisotopic (exact) mass is 434 g/mol. The zero-order chi connectivity index (χ0) is 22.0. The first kappa shape index (κ1) is 21.3. The van der Waals surface area contributed by atoms with Gasteiger partial charge in [-0.2, -0.15) is 13.2 Å². The molecule has 2 aromatic carbocycles. The summed E-state index contributed by atoms with van der Waals surface area (Å²) in [5.41, 5.74) is 1.34. The molecule has 1 fully saturated rings. The maximum absolute atomic E-state index is 13.5. The Balaban J connectivity index is 1.35. The van der Waals surface area contributed by atoms with Gasteiger partial charge in [-0.1, -0.05) is 12.1 Å². The van der Waals surface area contributed by atoms with E-state index >= 15 is 0 Å². The van der Waals surface area contributed by atoms with E-state index < -0.39 is 12.0 Å². The number of likely N-dealkylation sites (tertiary alicyclic amines) is 1. The number of benzene rings is 2. The van der Waals surface area contributed by atoms with Crippen LogP contribution in [0.5, 0.6) is 0 Å². The number of alkyl halides is 3. The molecule has 9 heteroatoms. The molecule has 4 rings (SSSR count). The molecule has 0 unspecified atom stereocenters. The van der Waals surface area contributed by atoms with Gasteiger partial charge in [-0.25, -0.2) is 9.37 Å². The molecule has 0 saturated carbocycles. The minimum absolute atomic E-state index is 0.0649. The first-order chi connectivity index (χ1) is 14.8. The molecule has 0 bridgehead atoms. The molecule has 31 heavy (non-hydrogen) atoms. The third-order valence-corrected chi connectivity index (χ3v) is 5.55. The lowest BCUT2D eigenvalue weighted by atomic mass is 9.96. The molecular formula is C22H22F4N4O. The Morgan fingerprint density at radius 1 is 1.06 bits per heavy atom. The second-order valence-corrected chi connectivity index (χ2v) is 7.81. The first-order valence-electron chi connectivity index (χ1n) is 10.1. The average molecular weight is 434 g/mol.